The second kappa shape index (κ2) is 8.73. The molecule has 1 fully saturated rings. The fraction of sp³-hybridized carbons (Fsp3) is 0.333. The minimum absolute atomic E-state index is 0.0226. The molecule has 1 atom stereocenters. The Hall–Kier alpha value is -3.62. The molecule has 0 bridgehead atoms. The van der Waals surface area contributed by atoms with Crippen LogP contribution in [-0.4, -0.2) is 35.4 Å². The van der Waals surface area contributed by atoms with Gasteiger partial charge < -0.3 is 31.2 Å². The molecule has 5 N–H and O–H groups in total. The van der Waals surface area contributed by atoms with Crippen LogP contribution in [0.5, 0.6) is 0 Å². The molecule has 1 aliphatic rings. The predicted octanol–water partition coefficient (Wildman–Crippen LogP) is 4.96. The van der Waals surface area contributed by atoms with Crippen LogP contribution < -0.4 is 21.3 Å². The summed E-state index contributed by atoms with van der Waals surface area (Å²) in [6.07, 6.45) is 5.23. The Bertz CT molecular complexity index is 1250. The van der Waals surface area contributed by atoms with E-state index < -0.39 is 11.6 Å². The highest BCUT2D eigenvalue weighted by atomic mass is 19.1. The topological polar surface area (TPSA) is 95.0 Å². The third-order valence-corrected chi connectivity index (χ3v) is 6.00. The number of fused-ring (bicyclic) bond motifs is 1. The molecule has 33 heavy (non-hydrogen) atoms. The molecule has 1 saturated carbocycles. The number of pyridine rings is 1. The van der Waals surface area contributed by atoms with Crippen LogP contribution in [0, 0.1) is 17.0 Å². The van der Waals surface area contributed by atoms with Crippen molar-refractivity contribution in [2.45, 2.75) is 31.7 Å². The number of hydrogen-bond acceptors (Lipinski definition) is 6. The zero-order valence-corrected chi connectivity index (χ0v) is 19.1. The maximum atomic E-state index is 15.0. The van der Waals surface area contributed by atoms with Gasteiger partial charge in [-0.25, -0.2) is 13.8 Å². The van der Waals surface area contributed by atoms with Crippen molar-refractivity contribution in [1.29, 1.82) is 5.41 Å². The molecule has 2 aromatic heterocycles. The van der Waals surface area contributed by atoms with Gasteiger partial charge >= 0.3 is 0 Å². The number of anilines is 4. The zero-order chi connectivity index (χ0) is 23.9. The Morgan fingerprint density at radius 1 is 1.21 bits per heavy atom. The summed E-state index contributed by atoms with van der Waals surface area (Å²) in [6.45, 7) is 3.73. The minimum atomic E-state index is -0.583. The monoisotopic (exact) mass is 453 g/mol. The zero-order valence-electron chi connectivity index (χ0n) is 19.1. The van der Waals surface area contributed by atoms with Gasteiger partial charge in [0.15, 0.2) is 11.6 Å². The first-order valence-corrected chi connectivity index (χ1v) is 10.9. The number of halogens is 2. The van der Waals surface area contributed by atoms with E-state index in [0.717, 1.165) is 30.3 Å². The number of nitrogens with one attached hydrogen (secondary N) is 3. The molecule has 0 spiro atoms. The van der Waals surface area contributed by atoms with Crippen LogP contribution in [0.2, 0.25) is 0 Å². The number of aromatic nitrogens is 2. The highest BCUT2D eigenvalue weighted by Gasteiger charge is 2.22. The standard InChI is InChI=1S/C24H29F2N7/c1-13(27)15-11-18(26)24(30-20-8-6-5-7-19(20)28)31-23(15)29-14-9-16-21(32(2)3)12-33(4)22(16)17(25)10-14/h9-12,20,28H,1,5-8,27H2,2-4H3,(H2,29,30,31)/t20-/m1/s1. The van der Waals surface area contributed by atoms with Crippen LogP contribution >= 0.6 is 0 Å². The molecule has 3 aromatic rings. The van der Waals surface area contributed by atoms with E-state index in [0.29, 0.717) is 23.3 Å². The van der Waals surface area contributed by atoms with E-state index in [9.17, 15) is 4.39 Å². The molecule has 0 amide bonds. The lowest BCUT2D eigenvalue weighted by molar-refractivity contribution is 0.602. The van der Waals surface area contributed by atoms with Crippen molar-refractivity contribution in [3.8, 4) is 0 Å². The van der Waals surface area contributed by atoms with E-state index in [4.69, 9.17) is 11.1 Å². The van der Waals surface area contributed by atoms with Crippen LogP contribution in [0.25, 0.3) is 16.6 Å². The second-order valence-corrected chi connectivity index (χ2v) is 8.71. The number of rotatable bonds is 6. The summed E-state index contributed by atoms with van der Waals surface area (Å²) in [4.78, 5) is 6.33. The summed E-state index contributed by atoms with van der Waals surface area (Å²) in [6, 6.07) is 4.20. The van der Waals surface area contributed by atoms with Gasteiger partial charge in [0.1, 0.15) is 11.6 Å². The lowest BCUT2D eigenvalue weighted by atomic mass is 9.93. The van der Waals surface area contributed by atoms with Gasteiger partial charge in [0.05, 0.1) is 17.2 Å². The van der Waals surface area contributed by atoms with Crippen molar-refractivity contribution < 1.29 is 8.78 Å². The average molecular weight is 454 g/mol. The number of aryl methyl sites for hydroxylation is 1. The Kier molecular flexibility index (Phi) is 5.97. The van der Waals surface area contributed by atoms with Gasteiger partial charge in [-0.1, -0.05) is 13.0 Å². The normalized spacial score (nSPS) is 16.2. The largest absolute Gasteiger partial charge is 0.399 e. The average Bonchev–Trinajstić information content (AvgIpc) is 3.08. The van der Waals surface area contributed by atoms with E-state index in [1.165, 1.54) is 12.1 Å². The Morgan fingerprint density at radius 2 is 1.97 bits per heavy atom. The predicted molar refractivity (Wildman–Crippen MR) is 132 cm³/mol. The summed E-state index contributed by atoms with van der Waals surface area (Å²) >= 11 is 0. The van der Waals surface area contributed by atoms with E-state index in [-0.39, 0.29) is 28.9 Å². The number of nitrogens with zero attached hydrogens (tertiary/aromatic N) is 3. The molecule has 0 saturated heterocycles. The summed E-state index contributed by atoms with van der Waals surface area (Å²) in [7, 11) is 5.58. The summed E-state index contributed by atoms with van der Waals surface area (Å²) in [5.74, 6) is -0.695. The number of benzene rings is 1. The lowest BCUT2D eigenvalue weighted by Gasteiger charge is -2.25. The fourth-order valence-corrected chi connectivity index (χ4v) is 4.30. The SMILES string of the molecule is C=C(N)c1cc(F)c(N[C@@H]2CCCCC2=N)nc1Nc1cc(F)c2c(c1)c(N(C)C)cn2C. The molecule has 2 heterocycles. The van der Waals surface area contributed by atoms with Gasteiger partial charge in [0, 0.05) is 55.4 Å². The second-order valence-electron chi connectivity index (χ2n) is 8.71. The molecule has 7 nitrogen and oxygen atoms in total. The first-order chi connectivity index (χ1) is 15.7. The quantitative estimate of drug-likeness (QED) is 0.423. The first kappa shape index (κ1) is 22.6. The van der Waals surface area contributed by atoms with E-state index in [2.05, 4.69) is 22.2 Å². The van der Waals surface area contributed by atoms with Crippen LogP contribution in [0.15, 0.2) is 31.0 Å². The van der Waals surface area contributed by atoms with Crippen LogP contribution in [0.4, 0.5) is 31.8 Å². The van der Waals surface area contributed by atoms with Crippen molar-refractivity contribution >= 4 is 45.3 Å². The summed E-state index contributed by atoms with van der Waals surface area (Å²) in [5.41, 5.74) is 8.67. The van der Waals surface area contributed by atoms with Gasteiger partial charge in [0.25, 0.3) is 0 Å². The maximum absolute atomic E-state index is 15.0. The molecule has 174 valence electrons. The third kappa shape index (κ3) is 4.35. The molecule has 0 aliphatic heterocycles. The van der Waals surface area contributed by atoms with Gasteiger partial charge in [-0.05, 0) is 37.5 Å². The highest BCUT2D eigenvalue weighted by Crippen LogP contribution is 2.34. The van der Waals surface area contributed by atoms with Crippen molar-refractivity contribution in [3.63, 3.8) is 0 Å². The minimum Gasteiger partial charge on any atom is -0.399 e. The number of nitrogens with two attached hydrogens (primary N) is 1. The Labute approximate surface area is 191 Å². The molecule has 9 heteroatoms. The Balaban J connectivity index is 1.75. The van der Waals surface area contributed by atoms with Crippen molar-refractivity contribution in [2.24, 2.45) is 12.8 Å². The van der Waals surface area contributed by atoms with Gasteiger partial charge in [-0.2, -0.15) is 0 Å². The molecule has 4 rings (SSSR count). The van der Waals surface area contributed by atoms with Crippen LogP contribution in [0.3, 0.4) is 0 Å². The highest BCUT2D eigenvalue weighted by molar-refractivity contribution is 5.96. The van der Waals surface area contributed by atoms with Gasteiger partial charge in [0.2, 0.25) is 0 Å². The summed E-state index contributed by atoms with van der Waals surface area (Å²) in [5, 5.41) is 15.0. The first-order valence-electron chi connectivity index (χ1n) is 10.9. The van der Waals surface area contributed by atoms with E-state index >= 15 is 4.39 Å². The fourth-order valence-electron chi connectivity index (χ4n) is 4.30. The number of hydrogen-bond donors (Lipinski definition) is 4. The molecule has 0 unspecified atom stereocenters. The lowest BCUT2D eigenvalue weighted by Crippen LogP contribution is -2.32. The maximum Gasteiger partial charge on any atom is 0.166 e. The third-order valence-electron chi connectivity index (χ3n) is 6.00. The van der Waals surface area contributed by atoms with Gasteiger partial charge in [-0.3, -0.25) is 0 Å². The van der Waals surface area contributed by atoms with Crippen LogP contribution in [0.1, 0.15) is 31.2 Å². The van der Waals surface area contributed by atoms with Gasteiger partial charge in [-0.15, -0.1) is 0 Å². The van der Waals surface area contributed by atoms with Crippen molar-refractivity contribution in [2.75, 3.05) is 29.6 Å². The van der Waals surface area contributed by atoms with E-state index in [1.807, 2.05) is 31.3 Å². The molecular formula is C24H29F2N7. The van der Waals surface area contributed by atoms with Crippen molar-refractivity contribution in [1.82, 2.24) is 9.55 Å². The summed E-state index contributed by atoms with van der Waals surface area (Å²) < 4.78 is 31.6. The molecule has 0 radical (unpaired) electrons. The molecular weight excluding hydrogens is 424 g/mol. The van der Waals surface area contributed by atoms with E-state index in [1.54, 1.807) is 11.6 Å². The molecule has 1 aliphatic carbocycles. The Morgan fingerprint density at radius 3 is 2.64 bits per heavy atom. The van der Waals surface area contributed by atoms with Crippen molar-refractivity contribution in [3.05, 3.63) is 48.2 Å². The smallest absolute Gasteiger partial charge is 0.166 e. The molecule has 1 aromatic carbocycles. The van der Waals surface area contributed by atoms with Crippen LogP contribution in [-0.2, 0) is 7.05 Å².